The molecule has 0 bridgehead atoms. The third kappa shape index (κ3) is 2.56. The fourth-order valence-corrected chi connectivity index (χ4v) is 2.21. The predicted molar refractivity (Wildman–Crippen MR) is 66.9 cm³/mol. The molecule has 1 aromatic rings. The third-order valence-electron chi connectivity index (χ3n) is 3.26. The van der Waals surface area contributed by atoms with Gasteiger partial charge < -0.3 is 10.7 Å². The fraction of sp³-hybridized carbons (Fsp3) is 0.667. The maximum Gasteiger partial charge on any atom is 0.254 e. The van der Waals surface area contributed by atoms with Gasteiger partial charge in [0.25, 0.3) is 5.56 Å². The van der Waals surface area contributed by atoms with E-state index in [2.05, 4.69) is 28.7 Å². The Morgan fingerprint density at radius 3 is 2.94 bits per heavy atom. The predicted octanol–water partition coefficient (Wildman–Crippen LogP) is 0.0376. The number of nitrogens with zero attached hydrogens (tertiary/aromatic N) is 2. The minimum absolute atomic E-state index is 0.0156. The van der Waals surface area contributed by atoms with Crippen molar-refractivity contribution in [3.63, 3.8) is 0 Å². The van der Waals surface area contributed by atoms with E-state index in [1.54, 1.807) is 0 Å². The second-order valence-electron chi connectivity index (χ2n) is 4.79. The molecule has 3 N–H and O–H groups in total. The number of aromatic amines is 1. The maximum absolute atomic E-state index is 11.9. The monoisotopic (exact) mass is 236 g/mol. The van der Waals surface area contributed by atoms with E-state index in [9.17, 15) is 4.79 Å². The van der Waals surface area contributed by atoms with E-state index in [1.807, 2.05) is 0 Å². The molecule has 0 saturated heterocycles. The van der Waals surface area contributed by atoms with Crippen LogP contribution in [0.2, 0.25) is 0 Å². The van der Waals surface area contributed by atoms with E-state index in [1.165, 1.54) is 0 Å². The molecule has 0 saturated carbocycles. The second-order valence-corrected chi connectivity index (χ2v) is 4.79. The van der Waals surface area contributed by atoms with Gasteiger partial charge in [0.15, 0.2) is 0 Å². The number of rotatable bonds is 3. The van der Waals surface area contributed by atoms with Crippen LogP contribution in [0.25, 0.3) is 0 Å². The van der Waals surface area contributed by atoms with Gasteiger partial charge in [-0.25, -0.2) is 4.98 Å². The Kier molecular flexibility index (Phi) is 3.59. The molecule has 0 fully saturated rings. The van der Waals surface area contributed by atoms with Crippen molar-refractivity contribution in [3.8, 4) is 0 Å². The number of fused-ring (bicyclic) bond motifs is 1. The standard InChI is InChI=1S/C12H20N4O/c1-8(2)16-6-4-9-10(7-16)14-11(3-5-13)15-12(9)17/h8H,3-7,13H2,1-2H3,(H,14,15,17). The molecule has 5 heteroatoms. The average Bonchev–Trinajstić information content (AvgIpc) is 2.28. The van der Waals surface area contributed by atoms with Crippen LogP contribution in [0.1, 0.15) is 30.9 Å². The third-order valence-corrected chi connectivity index (χ3v) is 3.26. The van der Waals surface area contributed by atoms with Crippen LogP contribution in [0.5, 0.6) is 0 Å². The highest BCUT2D eigenvalue weighted by molar-refractivity contribution is 5.21. The van der Waals surface area contributed by atoms with Crippen molar-refractivity contribution >= 4 is 0 Å². The van der Waals surface area contributed by atoms with Crippen LogP contribution in [0.3, 0.4) is 0 Å². The normalized spacial score (nSPS) is 16.2. The highest BCUT2D eigenvalue weighted by Crippen LogP contribution is 2.15. The van der Waals surface area contributed by atoms with Gasteiger partial charge in [0.1, 0.15) is 5.82 Å². The molecule has 0 atom stereocenters. The van der Waals surface area contributed by atoms with E-state index in [4.69, 9.17) is 5.73 Å². The van der Waals surface area contributed by atoms with Crippen LogP contribution in [0, 0.1) is 0 Å². The van der Waals surface area contributed by atoms with Gasteiger partial charge in [-0.15, -0.1) is 0 Å². The summed E-state index contributed by atoms with van der Waals surface area (Å²) < 4.78 is 0. The molecule has 0 radical (unpaired) electrons. The zero-order valence-corrected chi connectivity index (χ0v) is 10.5. The van der Waals surface area contributed by atoms with Gasteiger partial charge in [0, 0.05) is 31.1 Å². The molecule has 1 aliphatic heterocycles. The Labute approximate surface area is 101 Å². The van der Waals surface area contributed by atoms with E-state index < -0.39 is 0 Å². The van der Waals surface area contributed by atoms with Gasteiger partial charge in [-0.05, 0) is 26.8 Å². The fourth-order valence-electron chi connectivity index (χ4n) is 2.21. The Morgan fingerprint density at radius 2 is 2.29 bits per heavy atom. The summed E-state index contributed by atoms with van der Waals surface area (Å²) in [5.41, 5.74) is 7.28. The Hall–Kier alpha value is -1.20. The first-order valence-electron chi connectivity index (χ1n) is 6.17. The van der Waals surface area contributed by atoms with Crippen molar-refractivity contribution in [1.82, 2.24) is 14.9 Å². The molecule has 17 heavy (non-hydrogen) atoms. The lowest BCUT2D eigenvalue weighted by Gasteiger charge is -2.30. The minimum atomic E-state index is 0.0156. The van der Waals surface area contributed by atoms with Gasteiger partial charge in [-0.2, -0.15) is 0 Å². The Bertz CT molecular complexity index is 452. The van der Waals surface area contributed by atoms with Crippen molar-refractivity contribution in [2.45, 2.75) is 39.3 Å². The summed E-state index contributed by atoms with van der Waals surface area (Å²) in [5, 5.41) is 0. The molecule has 1 aliphatic rings. The zero-order chi connectivity index (χ0) is 12.4. The molecule has 5 nitrogen and oxygen atoms in total. The van der Waals surface area contributed by atoms with Crippen LogP contribution < -0.4 is 11.3 Å². The molecule has 2 heterocycles. The Balaban J connectivity index is 2.32. The molecular formula is C12H20N4O. The highest BCUT2D eigenvalue weighted by Gasteiger charge is 2.22. The van der Waals surface area contributed by atoms with Crippen molar-refractivity contribution in [2.75, 3.05) is 13.1 Å². The van der Waals surface area contributed by atoms with Crippen LogP contribution in [0.15, 0.2) is 4.79 Å². The first-order chi connectivity index (χ1) is 8.11. The molecule has 0 aromatic carbocycles. The lowest BCUT2D eigenvalue weighted by atomic mass is 10.1. The number of nitrogens with two attached hydrogens (primary N) is 1. The summed E-state index contributed by atoms with van der Waals surface area (Å²) in [5.74, 6) is 0.710. The molecule has 0 amide bonds. The van der Waals surface area contributed by atoms with Crippen molar-refractivity contribution in [2.24, 2.45) is 5.73 Å². The van der Waals surface area contributed by atoms with E-state index >= 15 is 0 Å². The minimum Gasteiger partial charge on any atom is -0.330 e. The van der Waals surface area contributed by atoms with Crippen molar-refractivity contribution < 1.29 is 0 Å². The van der Waals surface area contributed by atoms with Gasteiger partial charge in [-0.3, -0.25) is 9.69 Å². The quantitative estimate of drug-likeness (QED) is 0.777. The summed E-state index contributed by atoms with van der Waals surface area (Å²) in [4.78, 5) is 21.5. The SMILES string of the molecule is CC(C)N1CCc2c(nc(CCN)[nH]c2=O)C1. The summed E-state index contributed by atoms with van der Waals surface area (Å²) in [7, 11) is 0. The molecule has 94 valence electrons. The van der Waals surface area contributed by atoms with E-state index in [0.717, 1.165) is 30.8 Å². The van der Waals surface area contributed by atoms with Gasteiger partial charge in [0.2, 0.25) is 0 Å². The zero-order valence-electron chi connectivity index (χ0n) is 10.5. The largest absolute Gasteiger partial charge is 0.330 e. The molecule has 0 unspecified atom stereocenters. The molecule has 2 rings (SSSR count). The summed E-state index contributed by atoms with van der Waals surface area (Å²) in [6, 6.07) is 0.488. The number of hydrogen-bond acceptors (Lipinski definition) is 4. The second kappa shape index (κ2) is 4.98. The van der Waals surface area contributed by atoms with E-state index in [-0.39, 0.29) is 5.56 Å². The molecule has 1 aromatic heterocycles. The van der Waals surface area contributed by atoms with E-state index in [0.29, 0.717) is 24.8 Å². The first kappa shape index (κ1) is 12.3. The molecule has 0 aliphatic carbocycles. The number of hydrogen-bond donors (Lipinski definition) is 2. The lowest BCUT2D eigenvalue weighted by molar-refractivity contribution is 0.199. The summed E-state index contributed by atoms with van der Waals surface area (Å²) >= 11 is 0. The van der Waals surface area contributed by atoms with Gasteiger partial charge >= 0.3 is 0 Å². The van der Waals surface area contributed by atoms with Gasteiger partial charge in [0.05, 0.1) is 5.69 Å². The topological polar surface area (TPSA) is 75.0 Å². The number of nitrogens with one attached hydrogen (secondary N) is 1. The lowest BCUT2D eigenvalue weighted by Crippen LogP contribution is -2.39. The van der Waals surface area contributed by atoms with Crippen molar-refractivity contribution in [3.05, 3.63) is 27.4 Å². The number of H-pyrrole nitrogens is 1. The molecule has 0 spiro atoms. The van der Waals surface area contributed by atoms with Crippen molar-refractivity contribution in [1.29, 1.82) is 0 Å². The molecular weight excluding hydrogens is 216 g/mol. The highest BCUT2D eigenvalue weighted by atomic mass is 16.1. The average molecular weight is 236 g/mol. The Morgan fingerprint density at radius 1 is 1.53 bits per heavy atom. The van der Waals surface area contributed by atoms with Crippen LogP contribution >= 0.6 is 0 Å². The van der Waals surface area contributed by atoms with Crippen LogP contribution in [0.4, 0.5) is 0 Å². The summed E-state index contributed by atoms with van der Waals surface area (Å²) in [6.45, 7) is 6.55. The first-order valence-corrected chi connectivity index (χ1v) is 6.17. The maximum atomic E-state index is 11.9. The van der Waals surface area contributed by atoms with Crippen LogP contribution in [-0.2, 0) is 19.4 Å². The van der Waals surface area contributed by atoms with Crippen LogP contribution in [-0.4, -0.2) is 34.0 Å². The smallest absolute Gasteiger partial charge is 0.254 e. The number of aromatic nitrogens is 2. The summed E-state index contributed by atoms with van der Waals surface area (Å²) in [6.07, 6.45) is 1.42. The van der Waals surface area contributed by atoms with Gasteiger partial charge in [-0.1, -0.05) is 0 Å².